The Labute approximate surface area is 166 Å². The fourth-order valence-electron chi connectivity index (χ4n) is 2.68. The Hall–Kier alpha value is -2.06. The van der Waals surface area contributed by atoms with Crippen molar-refractivity contribution in [3.63, 3.8) is 0 Å². The second kappa shape index (κ2) is 7.76. The van der Waals surface area contributed by atoms with E-state index in [1.54, 1.807) is 20.8 Å². The number of rotatable bonds is 5. The second-order valence-corrected chi connectivity index (χ2v) is 9.07. The summed E-state index contributed by atoms with van der Waals surface area (Å²) in [7, 11) is -0.478. The van der Waals surface area contributed by atoms with E-state index in [0.29, 0.717) is 0 Å². The van der Waals surface area contributed by atoms with Crippen LogP contribution >= 0.6 is 0 Å². The highest BCUT2D eigenvalue weighted by atomic mass is 16.7. The molecule has 0 spiro atoms. The van der Waals surface area contributed by atoms with Crippen molar-refractivity contribution >= 4 is 24.6 Å². The first-order chi connectivity index (χ1) is 12.7. The summed E-state index contributed by atoms with van der Waals surface area (Å²) in [4.78, 5) is 23.4. The quantitative estimate of drug-likeness (QED) is 0.750. The topological polar surface area (TPSA) is 94.1 Å². The summed E-state index contributed by atoms with van der Waals surface area (Å²) < 4.78 is 17.2. The summed E-state index contributed by atoms with van der Waals surface area (Å²) >= 11 is 0. The molecule has 0 bridgehead atoms. The molecule has 8 heteroatoms. The lowest BCUT2D eigenvalue weighted by atomic mass is 9.78. The van der Waals surface area contributed by atoms with Gasteiger partial charge in [-0.25, -0.2) is 9.59 Å². The van der Waals surface area contributed by atoms with E-state index in [-0.39, 0.29) is 6.42 Å². The molecule has 1 amide bonds. The van der Waals surface area contributed by atoms with Crippen molar-refractivity contribution in [3.8, 4) is 0 Å². The molecule has 0 aliphatic carbocycles. The van der Waals surface area contributed by atoms with Gasteiger partial charge in [0.1, 0.15) is 11.6 Å². The summed E-state index contributed by atoms with van der Waals surface area (Å²) in [5, 5.41) is 11.8. The van der Waals surface area contributed by atoms with Crippen LogP contribution < -0.4 is 10.8 Å². The molecule has 2 N–H and O–H groups in total. The normalized spacial score (nSPS) is 19.2. The van der Waals surface area contributed by atoms with E-state index < -0.39 is 42.0 Å². The molecule has 0 aromatic heterocycles. The predicted octanol–water partition coefficient (Wildman–Crippen LogP) is 2.51. The van der Waals surface area contributed by atoms with Gasteiger partial charge in [0, 0.05) is 6.42 Å². The van der Waals surface area contributed by atoms with E-state index in [2.05, 4.69) is 5.32 Å². The molecule has 1 aromatic carbocycles. The molecular formula is C20H30BNO6. The first-order valence-corrected chi connectivity index (χ1v) is 9.37. The Balaban J connectivity index is 2.04. The van der Waals surface area contributed by atoms with E-state index in [0.717, 1.165) is 11.0 Å². The average Bonchev–Trinajstić information content (AvgIpc) is 2.73. The third-order valence-electron chi connectivity index (χ3n) is 4.93. The zero-order chi connectivity index (χ0) is 21.3. The molecule has 1 aromatic rings. The highest BCUT2D eigenvalue weighted by Gasteiger charge is 2.51. The van der Waals surface area contributed by atoms with Crippen LogP contribution in [0.4, 0.5) is 4.79 Å². The minimum Gasteiger partial charge on any atom is -0.480 e. The Morgan fingerprint density at radius 2 is 1.61 bits per heavy atom. The number of alkyl carbamates (subject to hydrolysis) is 1. The first kappa shape index (κ1) is 22.2. The van der Waals surface area contributed by atoms with Crippen LogP contribution in [0.2, 0.25) is 0 Å². The van der Waals surface area contributed by atoms with Gasteiger partial charge in [0.2, 0.25) is 0 Å². The fraction of sp³-hybridized carbons (Fsp3) is 0.600. The molecule has 2 rings (SSSR count). The molecule has 0 saturated carbocycles. The fourth-order valence-corrected chi connectivity index (χ4v) is 2.68. The van der Waals surface area contributed by atoms with E-state index in [4.69, 9.17) is 14.0 Å². The largest absolute Gasteiger partial charge is 0.494 e. The van der Waals surface area contributed by atoms with Crippen molar-refractivity contribution in [1.29, 1.82) is 0 Å². The number of carboxylic acid groups (broad SMARTS) is 1. The van der Waals surface area contributed by atoms with Gasteiger partial charge in [-0.15, -0.1) is 0 Å². The number of carbonyl (C=O) groups excluding carboxylic acids is 1. The summed E-state index contributed by atoms with van der Waals surface area (Å²) in [5.41, 5.74) is 0.0694. The number of nitrogens with one attached hydrogen (secondary N) is 1. The molecule has 28 heavy (non-hydrogen) atoms. The minimum absolute atomic E-state index is 0.137. The Morgan fingerprint density at radius 3 is 2.04 bits per heavy atom. The number of ether oxygens (including phenoxy) is 1. The Morgan fingerprint density at radius 1 is 1.11 bits per heavy atom. The lowest BCUT2D eigenvalue weighted by Crippen LogP contribution is -2.44. The average molecular weight is 391 g/mol. The Bertz CT molecular complexity index is 707. The molecule has 1 unspecified atom stereocenters. The van der Waals surface area contributed by atoms with Crippen LogP contribution in [-0.4, -0.2) is 47.1 Å². The maximum Gasteiger partial charge on any atom is 0.494 e. The monoisotopic (exact) mass is 391 g/mol. The highest BCUT2D eigenvalue weighted by molar-refractivity contribution is 6.62. The van der Waals surface area contributed by atoms with E-state index >= 15 is 0 Å². The number of benzene rings is 1. The van der Waals surface area contributed by atoms with Crippen molar-refractivity contribution in [1.82, 2.24) is 5.32 Å². The molecule has 154 valence electrons. The smallest absolute Gasteiger partial charge is 0.480 e. The molecular weight excluding hydrogens is 361 g/mol. The van der Waals surface area contributed by atoms with Gasteiger partial charge in [-0.05, 0) is 59.5 Å². The van der Waals surface area contributed by atoms with Crippen LogP contribution in [0, 0.1) is 0 Å². The van der Waals surface area contributed by atoms with Crippen molar-refractivity contribution in [2.24, 2.45) is 0 Å². The van der Waals surface area contributed by atoms with Gasteiger partial charge in [-0.2, -0.15) is 0 Å². The van der Waals surface area contributed by atoms with Crippen LogP contribution in [0.1, 0.15) is 54.0 Å². The van der Waals surface area contributed by atoms with Crippen molar-refractivity contribution < 1.29 is 28.7 Å². The number of hydrogen-bond acceptors (Lipinski definition) is 5. The zero-order valence-electron chi connectivity index (χ0n) is 17.7. The summed E-state index contributed by atoms with van der Waals surface area (Å²) in [5.74, 6) is -1.12. The standard InChI is InChI=1S/C20H30BNO6/c1-18(2,3)26-17(25)22-15(16(23)24)12-13-8-10-14(11-9-13)21-27-19(4,5)20(6,7)28-21/h8-11,15H,12H2,1-7H3,(H,22,25)(H,23,24). The van der Waals surface area contributed by atoms with Gasteiger partial charge in [-0.1, -0.05) is 24.3 Å². The Kier molecular flexibility index (Phi) is 6.16. The first-order valence-electron chi connectivity index (χ1n) is 9.37. The molecule has 1 fully saturated rings. The zero-order valence-corrected chi connectivity index (χ0v) is 17.7. The number of hydrogen-bond donors (Lipinski definition) is 2. The molecule has 1 aliphatic rings. The molecule has 1 aliphatic heterocycles. The third-order valence-corrected chi connectivity index (χ3v) is 4.93. The van der Waals surface area contributed by atoms with E-state index in [1.165, 1.54) is 0 Å². The summed E-state index contributed by atoms with van der Waals surface area (Å²) in [6.45, 7) is 13.1. The van der Waals surface area contributed by atoms with Crippen LogP contribution in [0.25, 0.3) is 0 Å². The maximum atomic E-state index is 11.9. The SMILES string of the molecule is CC(C)(C)OC(=O)NC(Cc1ccc(B2OC(C)(C)C(C)(C)O2)cc1)C(=O)O. The van der Waals surface area contributed by atoms with Crippen molar-refractivity contribution in [2.75, 3.05) is 0 Å². The second-order valence-electron chi connectivity index (χ2n) is 9.07. The molecule has 0 radical (unpaired) electrons. The maximum absolute atomic E-state index is 11.9. The van der Waals surface area contributed by atoms with Gasteiger partial charge in [0.05, 0.1) is 11.2 Å². The number of amides is 1. The molecule has 1 saturated heterocycles. The number of carbonyl (C=O) groups is 2. The summed E-state index contributed by atoms with van der Waals surface area (Å²) in [6, 6.07) is 6.24. The molecule has 1 atom stereocenters. The lowest BCUT2D eigenvalue weighted by Gasteiger charge is -2.32. The van der Waals surface area contributed by atoms with Crippen molar-refractivity contribution in [3.05, 3.63) is 29.8 Å². The van der Waals surface area contributed by atoms with Crippen LogP contribution in [0.3, 0.4) is 0 Å². The minimum atomic E-state index is -1.12. The highest BCUT2D eigenvalue weighted by Crippen LogP contribution is 2.36. The third kappa shape index (κ3) is 5.48. The van der Waals surface area contributed by atoms with E-state index in [1.807, 2.05) is 52.0 Å². The van der Waals surface area contributed by atoms with Gasteiger partial charge < -0.3 is 24.5 Å². The number of carboxylic acids is 1. The predicted molar refractivity (Wildman–Crippen MR) is 107 cm³/mol. The van der Waals surface area contributed by atoms with Gasteiger partial charge >= 0.3 is 19.2 Å². The molecule has 7 nitrogen and oxygen atoms in total. The van der Waals surface area contributed by atoms with Gasteiger partial charge in [0.15, 0.2) is 0 Å². The number of aliphatic carboxylic acids is 1. The van der Waals surface area contributed by atoms with Crippen LogP contribution in [-0.2, 0) is 25.3 Å². The van der Waals surface area contributed by atoms with Crippen molar-refractivity contribution in [2.45, 2.75) is 77.7 Å². The lowest BCUT2D eigenvalue weighted by molar-refractivity contribution is -0.139. The molecule has 1 heterocycles. The van der Waals surface area contributed by atoms with Gasteiger partial charge in [-0.3, -0.25) is 0 Å². The van der Waals surface area contributed by atoms with Crippen LogP contribution in [0.15, 0.2) is 24.3 Å². The van der Waals surface area contributed by atoms with Gasteiger partial charge in [0.25, 0.3) is 0 Å². The van der Waals surface area contributed by atoms with E-state index in [9.17, 15) is 14.7 Å². The van der Waals surface area contributed by atoms with Crippen LogP contribution in [0.5, 0.6) is 0 Å². The summed E-state index contributed by atoms with van der Waals surface area (Å²) in [6.07, 6.45) is -0.619.